The van der Waals surface area contributed by atoms with E-state index < -0.39 is 25.7 Å². The van der Waals surface area contributed by atoms with Gasteiger partial charge in [-0.15, -0.1) is 0 Å². The minimum atomic E-state index is -1.76. The third kappa shape index (κ3) is 4.03. The second-order valence-electron chi connectivity index (χ2n) is 2.21. The topological polar surface area (TPSA) is 101 Å². The third-order valence-corrected chi connectivity index (χ3v) is 2.25. The van der Waals surface area contributed by atoms with Crippen LogP contribution in [0.25, 0.3) is 0 Å². The first-order valence-corrected chi connectivity index (χ1v) is 4.79. The van der Waals surface area contributed by atoms with E-state index in [2.05, 4.69) is 0 Å². The van der Waals surface area contributed by atoms with Crippen LogP contribution in [0.15, 0.2) is 0 Å². The Morgan fingerprint density at radius 1 is 1.73 bits per heavy atom. The number of aliphatic carboxylic acids is 1. The zero-order chi connectivity index (χ0) is 9.02. The molecule has 0 radical (unpaired) electrons. The van der Waals surface area contributed by atoms with Crippen LogP contribution in [-0.2, 0) is 9.36 Å². The Morgan fingerprint density at radius 3 is 2.45 bits per heavy atom. The molecule has 0 aliphatic rings. The quantitative estimate of drug-likeness (QED) is 0.509. The molecule has 5 nitrogen and oxygen atoms in total. The molecule has 0 aliphatic carbocycles. The van der Waals surface area contributed by atoms with Gasteiger partial charge in [-0.1, -0.05) is 4.57 Å². The van der Waals surface area contributed by atoms with Crippen LogP contribution >= 0.6 is 7.80 Å². The van der Waals surface area contributed by atoms with Crippen molar-refractivity contribution < 1.29 is 19.6 Å². The van der Waals surface area contributed by atoms with Crippen molar-refractivity contribution in [3.05, 3.63) is 0 Å². The molecular formula is C5H11NO4P+. The molecule has 3 unspecified atom stereocenters. The van der Waals surface area contributed by atoms with Gasteiger partial charge in [-0.25, -0.2) is 0 Å². The SMILES string of the molecule is C[P+](=O)C(O)CC(N)C(=O)O. The van der Waals surface area contributed by atoms with Crippen LogP contribution in [0.2, 0.25) is 0 Å². The molecular weight excluding hydrogens is 169 g/mol. The highest BCUT2D eigenvalue weighted by Crippen LogP contribution is 2.23. The Bertz CT molecular complexity index is 154. The van der Waals surface area contributed by atoms with Gasteiger partial charge in [0.2, 0.25) is 0 Å². The molecule has 3 atom stereocenters. The molecule has 0 fully saturated rings. The van der Waals surface area contributed by atoms with Crippen molar-refractivity contribution in [1.82, 2.24) is 0 Å². The van der Waals surface area contributed by atoms with Gasteiger partial charge in [0.25, 0.3) is 5.85 Å². The first kappa shape index (κ1) is 10.5. The van der Waals surface area contributed by atoms with E-state index in [4.69, 9.17) is 15.9 Å². The molecule has 0 rings (SSSR count). The molecule has 0 saturated carbocycles. The van der Waals surface area contributed by atoms with E-state index in [0.717, 1.165) is 0 Å². The molecule has 64 valence electrons. The summed E-state index contributed by atoms with van der Waals surface area (Å²) in [7, 11) is -1.76. The Hall–Kier alpha value is -0.510. The molecule has 0 heterocycles. The smallest absolute Gasteiger partial charge is 0.366 e. The average molecular weight is 180 g/mol. The molecule has 0 spiro atoms. The molecule has 0 amide bonds. The predicted molar refractivity (Wildman–Crippen MR) is 39.8 cm³/mol. The number of nitrogens with two attached hydrogens (primary N) is 1. The molecule has 0 aromatic carbocycles. The highest BCUT2D eigenvalue weighted by Gasteiger charge is 2.27. The maximum atomic E-state index is 10.6. The summed E-state index contributed by atoms with van der Waals surface area (Å²) in [4.78, 5) is 10.1. The zero-order valence-electron chi connectivity index (χ0n) is 6.10. The Morgan fingerprint density at radius 2 is 2.18 bits per heavy atom. The van der Waals surface area contributed by atoms with Crippen molar-refractivity contribution >= 4 is 13.8 Å². The second-order valence-corrected chi connectivity index (χ2v) is 3.90. The molecule has 0 bridgehead atoms. The van der Waals surface area contributed by atoms with Crippen molar-refractivity contribution in [3.63, 3.8) is 0 Å². The summed E-state index contributed by atoms with van der Waals surface area (Å²) in [6.07, 6.45) is -0.166. The molecule has 0 aromatic heterocycles. The molecule has 4 N–H and O–H groups in total. The molecule has 6 heteroatoms. The molecule has 11 heavy (non-hydrogen) atoms. The van der Waals surface area contributed by atoms with E-state index in [1.165, 1.54) is 6.66 Å². The first-order chi connectivity index (χ1) is 4.95. The zero-order valence-corrected chi connectivity index (χ0v) is 6.99. The fraction of sp³-hybridized carbons (Fsp3) is 0.800. The monoisotopic (exact) mass is 180 g/mol. The van der Waals surface area contributed by atoms with Gasteiger partial charge in [0.1, 0.15) is 12.7 Å². The van der Waals surface area contributed by atoms with Crippen LogP contribution < -0.4 is 5.73 Å². The minimum Gasteiger partial charge on any atom is -0.480 e. The third-order valence-electron chi connectivity index (χ3n) is 1.20. The highest BCUT2D eigenvalue weighted by atomic mass is 31.1. The summed E-state index contributed by atoms with van der Waals surface area (Å²) in [5, 5.41) is 17.2. The lowest BCUT2D eigenvalue weighted by Crippen LogP contribution is -2.33. The lowest BCUT2D eigenvalue weighted by atomic mass is 10.2. The number of aliphatic hydroxyl groups excluding tert-OH is 1. The maximum absolute atomic E-state index is 10.6. The van der Waals surface area contributed by atoms with E-state index in [1.807, 2.05) is 0 Å². The van der Waals surface area contributed by atoms with Gasteiger partial charge in [-0.2, -0.15) is 0 Å². The Labute approximate surface area is 65.0 Å². The van der Waals surface area contributed by atoms with E-state index >= 15 is 0 Å². The maximum Gasteiger partial charge on any atom is 0.366 e. The highest BCUT2D eigenvalue weighted by molar-refractivity contribution is 7.44. The molecule has 0 aromatic rings. The van der Waals surface area contributed by atoms with Crippen LogP contribution in [0, 0.1) is 0 Å². The lowest BCUT2D eigenvalue weighted by Gasteiger charge is -2.03. The number of hydrogen-bond donors (Lipinski definition) is 3. The Kier molecular flexibility index (Phi) is 4.18. The number of hydrogen-bond acceptors (Lipinski definition) is 4. The van der Waals surface area contributed by atoms with Crippen molar-refractivity contribution in [2.45, 2.75) is 18.3 Å². The van der Waals surface area contributed by atoms with Gasteiger partial charge in [0.05, 0.1) is 0 Å². The summed E-state index contributed by atoms with van der Waals surface area (Å²) in [5.41, 5.74) is 5.07. The summed E-state index contributed by atoms with van der Waals surface area (Å²) in [6.45, 7) is 1.33. The summed E-state index contributed by atoms with van der Waals surface area (Å²) < 4.78 is 10.6. The van der Waals surface area contributed by atoms with E-state index in [0.29, 0.717) is 0 Å². The van der Waals surface area contributed by atoms with Gasteiger partial charge in [-0.05, 0) is 0 Å². The fourth-order valence-corrected chi connectivity index (χ4v) is 1.00. The first-order valence-electron chi connectivity index (χ1n) is 3.01. The van der Waals surface area contributed by atoms with E-state index in [-0.39, 0.29) is 6.42 Å². The average Bonchev–Trinajstić information content (AvgIpc) is 1.87. The Balaban J connectivity index is 3.84. The van der Waals surface area contributed by atoms with Crippen LogP contribution in [0.4, 0.5) is 0 Å². The number of rotatable bonds is 4. The van der Waals surface area contributed by atoms with Gasteiger partial charge in [0, 0.05) is 6.42 Å². The second kappa shape index (κ2) is 4.38. The standard InChI is InChI=1S/C5H10NO4P/c1-11(10)4(7)2-3(6)5(8)9/h3-4,7H,2,6H2,1H3/p+1. The number of aliphatic hydroxyl groups is 1. The molecule has 0 aliphatic heterocycles. The van der Waals surface area contributed by atoms with Crippen LogP contribution in [-0.4, -0.2) is 34.7 Å². The predicted octanol–water partition coefficient (Wildman–Crippen LogP) is -0.436. The van der Waals surface area contributed by atoms with E-state index in [1.54, 1.807) is 0 Å². The molecule has 0 saturated heterocycles. The largest absolute Gasteiger partial charge is 0.480 e. The van der Waals surface area contributed by atoms with Gasteiger partial charge in [0.15, 0.2) is 0 Å². The van der Waals surface area contributed by atoms with Crippen molar-refractivity contribution in [2.75, 3.05) is 6.66 Å². The number of carboxylic acids is 1. The summed E-state index contributed by atoms with van der Waals surface area (Å²) >= 11 is 0. The summed E-state index contributed by atoms with van der Waals surface area (Å²) in [6, 6.07) is -1.14. The lowest BCUT2D eigenvalue weighted by molar-refractivity contribution is -0.139. The summed E-state index contributed by atoms with van der Waals surface area (Å²) in [5.74, 6) is -2.31. The van der Waals surface area contributed by atoms with Gasteiger partial charge >= 0.3 is 13.8 Å². The van der Waals surface area contributed by atoms with Crippen LogP contribution in [0.5, 0.6) is 0 Å². The fourth-order valence-electron chi connectivity index (χ4n) is 0.476. The number of carboxylic acid groups (broad SMARTS) is 1. The van der Waals surface area contributed by atoms with Crippen molar-refractivity contribution in [2.24, 2.45) is 5.73 Å². The normalized spacial score (nSPS) is 17.2. The number of carbonyl (C=O) groups is 1. The van der Waals surface area contributed by atoms with Gasteiger partial charge in [-0.3, -0.25) is 4.79 Å². The minimum absolute atomic E-state index is 0.166. The van der Waals surface area contributed by atoms with Gasteiger partial charge < -0.3 is 15.9 Å². The van der Waals surface area contributed by atoms with Crippen LogP contribution in [0.3, 0.4) is 0 Å². The van der Waals surface area contributed by atoms with Crippen molar-refractivity contribution in [1.29, 1.82) is 0 Å². The van der Waals surface area contributed by atoms with Crippen molar-refractivity contribution in [3.8, 4) is 0 Å². The van der Waals surface area contributed by atoms with E-state index in [9.17, 15) is 9.36 Å². The van der Waals surface area contributed by atoms with Crippen LogP contribution in [0.1, 0.15) is 6.42 Å².